The number of oxazole rings is 1. The van der Waals surface area contributed by atoms with E-state index in [9.17, 15) is 13.2 Å². The molecule has 3 aromatic rings. The molecule has 1 fully saturated rings. The van der Waals surface area contributed by atoms with Crippen LogP contribution in [0.3, 0.4) is 0 Å². The van der Waals surface area contributed by atoms with Crippen LogP contribution in [0.1, 0.15) is 12.8 Å². The van der Waals surface area contributed by atoms with Gasteiger partial charge in [-0.25, -0.2) is 13.4 Å². The Morgan fingerprint density at radius 1 is 1.28 bits per heavy atom. The lowest BCUT2D eigenvalue weighted by Gasteiger charge is -2.11. The monoisotopic (exact) mass is 477 g/mol. The SMILES string of the molecule is COc1ccccc1NS(=O)(=O)c1ccc2oc(SCC(=O)NCC3CCCO3)nc2c1. The molecule has 0 radical (unpaired) electrons. The third-order valence-corrected chi connectivity index (χ3v) is 7.07. The number of hydrogen-bond acceptors (Lipinski definition) is 8. The fraction of sp³-hybridized carbons (Fsp3) is 0.333. The van der Waals surface area contributed by atoms with Gasteiger partial charge in [0.1, 0.15) is 11.3 Å². The molecule has 1 unspecified atom stereocenters. The summed E-state index contributed by atoms with van der Waals surface area (Å²) < 4.78 is 44.5. The topological polar surface area (TPSA) is 120 Å². The summed E-state index contributed by atoms with van der Waals surface area (Å²) in [4.78, 5) is 16.4. The number of ether oxygens (including phenoxy) is 2. The average molecular weight is 478 g/mol. The van der Waals surface area contributed by atoms with E-state index < -0.39 is 10.0 Å². The van der Waals surface area contributed by atoms with Crippen LogP contribution < -0.4 is 14.8 Å². The zero-order valence-electron chi connectivity index (χ0n) is 17.4. The normalized spacial score (nSPS) is 16.2. The van der Waals surface area contributed by atoms with Gasteiger partial charge in [-0.15, -0.1) is 0 Å². The van der Waals surface area contributed by atoms with Gasteiger partial charge in [0.15, 0.2) is 5.58 Å². The minimum Gasteiger partial charge on any atom is -0.495 e. The number of sulfonamides is 1. The largest absolute Gasteiger partial charge is 0.495 e. The third-order valence-electron chi connectivity index (χ3n) is 4.88. The summed E-state index contributed by atoms with van der Waals surface area (Å²) in [6, 6.07) is 11.2. The molecule has 1 aromatic heterocycles. The molecule has 2 N–H and O–H groups in total. The van der Waals surface area contributed by atoms with E-state index in [2.05, 4.69) is 15.0 Å². The molecular weight excluding hydrogens is 454 g/mol. The van der Waals surface area contributed by atoms with Crippen molar-refractivity contribution in [3.8, 4) is 5.75 Å². The fourth-order valence-electron chi connectivity index (χ4n) is 3.26. The molecule has 0 aliphatic carbocycles. The van der Waals surface area contributed by atoms with E-state index in [1.54, 1.807) is 30.3 Å². The van der Waals surface area contributed by atoms with Crippen LogP contribution in [0.5, 0.6) is 5.75 Å². The first-order chi connectivity index (χ1) is 15.4. The average Bonchev–Trinajstić information content (AvgIpc) is 3.45. The van der Waals surface area contributed by atoms with Crippen molar-refractivity contribution in [2.45, 2.75) is 29.1 Å². The van der Waals surface area contributed by atoms with Crippen molar-refractivity contribution in [1.82, 2.24) is 10.3 Å². The van der Waals surface area contributed by atoms with E-state index in [0.29, 0.717) is 34.3 Å². The number of carbonyl (C=O) groups excluding carboxylic acids is 1. The second-order valence-electron chi connectivity index (χ2n) is 7.14. The zero-order valence-corrected chi connectivity index (χ0v) is 19.0. The van der Waals surface area contributed by atoms with Gasteiger partial charge in [-0.2, -0.15) is 0 Å². The van der Waals surface area contributed by atoms with Crippen LogP contribution in [0, 0.1) is 0 Å². The number of benzene rings is 2. The molecule has 11 heteroatoms. The van der Waals surface area contributed by atoms with Gasteiger partial charge in [-0.3, -0.25) is 9.52 Å². The Hall–Kier alpha value is -2.76. The van der Waals surface area contributed by atoms with E-state index in [0.717, 1.165) is 31.2 Å². The Labute approximate surface area is 189 Å². The minimum atomic E-state index is -3.86. The summed E-state index contributed by atoms with van der Waals surface area (Å²) in [5.41, 5.74) is 1.15. The summed E-state index contributed by atoms with van der Waals surface area (Å²) in [7, 11) is -2.40. The first-order valence-corrected chi connectivity index (χ1v) is 12.5. The second-order valence-corrected chi connectivity index (χ2v) is 9.75. The summed E-state index contributed by atoms with van der Waals surface area (Å²) in [5, 5.41) is 3.13. The van der Waals surface area contributed by atoms with Gasteiger partial charge in [0.25, 0.3) is 15.2 Å². The first kappa shape index (κ1) is 22.4. The van der Waals surface area contributed by atoms with Gasteiger partial charge in [0.05, 0.1) is 29.5 Å². The molecule has 1 atom stereocenters. The van der Waals surface area contributed by atoms with Crippen LogP contribution in [0.4, 0.5) is 5.69 Å². The maximum atomic E-state index is 12.8. The number of nitrogens with one attached hydrogen (secondary N) is 2. The van der Waals surface area contributed by atoms with E-state index in [1.165, 1.54) is 19.2 Å². The van der Waals surface area contributed by atoms with Gasteiger partial charge in [0.2, 0.25) is 5.91 Å². The van der Waals surface area contributed by atoms with Crippen LogP contribution in [0.15, 0.2) is 57.0 Å². The van der Waals surface area contributed by atoms with Crippen LogP contribution in [0.25, 0.3) is 11.1 Å². The number of anilines is 1. The van der Waals surface area contributed by atoms with E-state index in [4.69, 9.17) is 13.9 Å². The van der Waals surface area contributed by atoms with Gasteiger partial charge in [0, 0.05) is 13.2 Å². The van der Waals surface area contributed by atoms with Gasteiger partial charge < -0.3 is 19.2 Å². The highest BCUT2D eigenvalue weighted by Crippen LogP contribution is 2.29. The fourth-order valence-corrected chi connectivity index (χ4v) is 5.02. The van der Waals surface area contributed by atoms with Crippen molar-refractivity contribution in [3.63, 3.8) is 0 Å². The number of nitrogens with zero attached hydrogens (tertiary/aromatic N) is 1. The van der Waals surface area contributed by atoms with Crippen molar-refractivity contribution in [2.24, 2.45) is 0 Å². The van der Waals surface area contributed by atoms with Crippen LogP contribution in [-0.2, 0) is 19.6 Å². The van der Waals surface area contributed by atoms with Crippen molar-refractivity contribution < 1.29 is 27.1 Å². The van der Waals surface area contributed by atoms with Crippen LogP contribution >= 0.6 is 11.8 Å². The Balaban J connectivity index is 1.41. The van der Waals surface area contributed by atoms with Crippen LogP contribution in [-0.4, -0.2) is 51.4 Å². The highest BCUT2D eigenvalue weighted by molar-refractivity contribution is 7.99. The van der Waals surface area contributed by atoms with E-state index >= 15 is 0 Å². The molecule has 9 nitrogen and oxygen atoms in total. The molecule has 1 aliphatic rings. The maximum absolute atomic E-state index is 12.8. The standard InChI is InChI=1S/C21H23N3O6S2/c1-28-18-7-3-2-6-16(18)24-32(26,27)15-8-9-19-17(11-15)23-21(30-19)31-13-20(25)22-12-14-5-4-10-29-14/h2-3,6-9,11,14,24H,4-5,10,12-13H2,1H3,(H,22,25). The molecule has 0 bridgehead atoms. The number of aromatic nitrogens is 1. The van der Waals surface area contributed by atoms with Gasteiger partial charge in [-0.1, -0.05) is 23.9 Å². The molecule has 1 saturated heterocycles. The Bertz CT molecular complexity index is 1210. The molecule has 2 heterocycles. The number of hydrogen-bond donors (Lipinski definition) is 2. The number of thioether (sulfide) groups is 1. The Kier molecular flexibility index (Phi) is 6.87. The second kappa shape index (κ2) is 9.80. The summed E-state index contributed by atoms with van der Waals surface area (Å²) >= 11 is 1.15. The quantitative estimate of drug-likeness (QED) is 0.451. The number of amides is 1. The van der Waals surface area contributed by atoms with Crippen molar-refractivity contribution in [3.05, 3.63) is 42.5 Å². The van der Waals surface area contributed by atoms with Crippen molar-refractivity contribution in [2.75, 3.05) is 30.7 Å². The molecule has 0 saturated carbocycles. The molecule has 170 valence electrons. The summed E-state index contributed by atoms with van der Waals surface area (Å²) in [6.07, 6.45) is 2.05. The Morgan fingerprint density at radius 2 is 2.12 bits per heavy atom. The minimum absolute atomic E-state index is 0.0371. The molecule has 4 rings (SSSR count). The number of carbonyl (C=O) groups is 1. The maximum Gasteiger partial charge on any atom is 0.262 e. The Morgan fingerprint density at radius 3 is 2.91 bits per heavy atom. The van der Waals surface area contributed by atoms with Gasteiger partial charge >= 0.3 is 0 Å². The lowest BCUT2D eigenvalue weighted by Crippen LogP contribution is -2.32. The molecule has 1 aliphatic heterocycles. The molecule has 0 spiro atoms. The highest BCUT2D eigenvalue weighted by Gasteiger charge is 2.19. The van der Waals surface area contributed by atoms with Crippen LogP contribution in [0.2, 0.25) is 0 Å². The highest BCUT2D eigenvalue weighted by atomic mass is 32.2. The number of rotatable bonds is 9. The number of para-hydroxylation sites is 2. The first-order valence-electron chi connectivity index (χ1n) is 10.0. The summed E-state index contributed by atoms with van der Waals surface area (Å²) in [5.74, 6) is 0.409. The van der Waals surface area contributed by atoms with Gasteiger partial charge in [-0.05, 0) is 43.2 Å². The lowest BCUT2D eigenvalue weighted by atomic mass is 10.2. The predicted molar refractivity (Wildman–Crippen MR) is 121 cm³/mol. The third kappa shape index (κ3) is 5.34. The molecular formula is C21H23N3O6S2. The van der Waals surface area contributed by atoms with E-state index in [-0.39, 0.29) is 22.7 Å². The number of fused-ring (bicyclic) bond motifs is 1. The molecule has 2 aromatic carbocycles. The number of methoxy groups -OCH3 is 1. The smallest absolute Gasteiger partial charge is 0.262 e. The molecule has 32 heavy (non-hydrogen) atoms. The summed E-state index contributed by atoms with van der Waals surface area (Å²) in [6.45, 7) is 1.23. The zero-order chi connectivity index (χ0) is 22.6. The molecule has 1 amide bonds. The van der Waals surface area contributed by atoms with E-state index in [1.807, 2.05) is 0 Å². The van der Waals surface area contributed by atoms with Crippen molar-refractivity contribution >= 4 is 44.5 Å². The van der Waals surface area contributed by atoms with Crippen molar-refractivity contribution in [1.29, 1.82) is 0 Å². The lowest BCUT2D eigenvalue weighted by molar-refractivity contribution is -0.119. The predicted octanol–water partition coefficient (Wildman–Crippen LogP) is 3.02.